The highest BCUT2D eigenvalue weighted by molar-refractivity contribution is 6.04. The largest absolute Gasteiger partial charge is 0.494 e. The molecule has 9 nitrogen and oxygen atoms in total. The lowest BCUT2D eigenvalue weighted by molar-refractivity contribution is 0.102. The number of fused-ring (bicyclic) bond motifs is 1. The molecule has 1 amide bonds. The van der Waals surface area contributed by atoms with Crippen molar-refractivity contribution < 1.29 is 13.9 Å². The van der Waals surface area contributed by atoms with E-state index in [4.69, 9.17) is 4.74 Å². The highest BCUT2D eigenvalue weighted by Crippen LogP contribution is 2.30. The van der Waals surface area contributed by atoms with Crippen molar-refractivity contribution in [3.05, 3.63) is 36.4 Å². The van der Waals surface area contributed by atoms with E-state index in [9.17, 15) is 9.18 Å². The number of alkyl halides is 1. The van der Waals surface area contributed by atoms with Crippen molar-refractivity contribution in [1.82, 2.24) is 24.6 Å². The van der Waals surface area contributed by atoms with Gasteiger partial charge >= 0.3 is 0 Å². The summed E-state index contributed by atoms with van der Waals surface area (Å²) in [5.41, 5.74) is 1.56. The number of amides is 1. The van der Waals surface area contributed by atoms with E-state index in [1.807, 2.05) is 19.3 Å². The number of carbonyl (C=O) groups excluding carboxylic acids is 1. The van der Waals surface area contributed by atoms with Gasteiger partial charge in [-0.1, -0.05) is 0 Å². The van der Waals surface area contributed by atoms with Gasteiger partial charge in [-0.15, -0.1) is 0 Å². The zero-order valence-electron chi connectivity index (χ0n) is 18.2. The van der Waals surface area contributed by atoms with E-state index < -0.39 is 6.17 Å². The molecule has 4 heterocycles. The molecule has 1 atom stereocenters. The molecule has 0 bridgehead atoms. The van der Waals surface area contributed by atoms with Gasteiger partial charge in [0.25, 0.3) is 5.91 Å². The van der Waals surface area contributed by atoms with Crippen LogP contribution in [0.25, 0.3) is 10.9 Å². The number of aryl methyl sites for hydroxylation is 1. The summed E-state index contributed by atoms with van der Waals surface area (Å²) in [6.07, 6.45) is 4.95. The number of anilines is 2. The van der Waals surface area contributed by atoms with Gasteiger partial charge in [-0.25, -0.2) is 14.4 Å². The lowest BCUT2D eigenvalue weighted by atomic mass is 10.00. The predicted octanol–water partition coefficient (Wildman–Crippen LogP) is 2.10. The SMILES string of the molecule is COc1cc2nn(C)cc2cc1NC(=O)c1cnc(N2CC(CN3CC[C@@H](F)C3)C2)cn1. The Morgan fingerprint density at radius 1 is 1.25 bits per heavy atom. The molecule has 2 aromatic heterocycles. The lowest BCUT2D eigenvalue weighted by Gasteiger charge is -2.41. The van der Waals surface area contributed by atoms with Crippen LogP contribution < -0.4 is 15.0 Å². The number of rotatable bonds is 6. The number of nitrogens with one attached hydrogen (secondary N) is 1. The molecule has 0 radical (unpaired) electrons. The molecule has 10 heteroatoms. The van der Waals surface area contributed by atoms with E-state index in [2.05, 4.69) is 30.2 Å². The maximum Gasteiger partial charge on any atom is 0.275 e. The molecule has 168 valence electrons. The number of nitrogens with zero attached hydrogens (tertiary/aromatic N) is 6. The fourth-order valence-corrected chi connectivity index (χ4v) is 4.42. The minimum absolute atomic E-state index is 0.227. The second-order valence-electron chi connectivity index (χ2n) is 8.54. The monoisotopic (exact) mass is 439 g/mol. The van der Waals surface area contributed by atoms with E-state index in [0.717, 1.165) is 42.9 Å². The summed E-state index contributed by atoms with van der Waals surface area (Å²) in [4.78, 5) is 25.8. The molecular formula is C22H26FN7O2. The van der Waals surface area contributed by atoms with Crippen LogP contribution in [0.15, 0.2) is 30.7 Å². The van der Waals surface area contributed by atoms with Crippen LogP contribution in [0.1, 0.15) is 16.9 Å². The van der Waals surface area contributed by atoms with Crippen molar-refractivity contribution in [3.63, 3.8) is 0 Å². The highest BCUT2D eigenvalue weighted by atomic mass is 19.1. The molecule has 2 fully saturated rings. The van der Waals surface area contributed by atoms with Gasteiger partial charge in [-0.05, 0) is 12.5 Å². The second-order valence-corrected chi connectivity index (χ2v) is 8.54. The first-order chi connectivity index (χ1) is 15.5. The van der Waals surface area contributed by atoms with Gasteiger partial charge in [0.15, 0.2) is 0 Å². The average molecular weight is 439 g/mol. The number of benzene rings is 1. The molecule has 1 aromatic carbocycles. The summed E-state index contributed by atoms with van der Waals surface area (Å²) in [6.45, 7) is 4.07. The number of ether oxygens (including phenoxy) is 1. The molecule has 2 aliphatic heterocycles. The number of methoxy groups -OCH3 is 1. The van der Waals surface area contributed by atoms with Crippen molar-refractivity contribution in [2.75, 3.05) is 50.1 Å². The fourth-order valence-electron chi connectivity index (χ4n) is 4.42. The van der Waals surface area contributed by atoms with E-state index in [1.165, 1.54) is 6.20 Å². The Bertz CT molecular complexity index is 1130. The van der Waals surface area contributed by atoms with Gasteiger partial charge in [0.2, 0.25) is 0 Å². The maximum atomic E-state index is 13.3. The minimum atomic E-state index is -0.679. The standard InChI is InChI=1S/C22H26FN7O2/c1-28-12-15-5-18(20(32-2)6-17(15)27-28)26-22(31)19-7-25-21(8-24-19)30-10-14(11-30)9-29-4-3-16(23)13-29/h5-8,12,14,16H,3-4,9-11,13H2,1-2H3,(H,26,31)/t16-/m1/s1. The Morgan fingerprint density at radius 2 is 2.09 bits per heavy atom. The number of aromatic nitrogens is 4. The Hall–Kier alpha value is -3.27. The molecule has 2 saturated heterocycles. The molecule has 1 N–H and O–H groups in total. The van der Waals surface area contributed by atoms with Crippen LogP contribution >= 0.6 is 0 Å². The van der Waals surface area contributed by atoms with Gasteiger partial charge in [0.05, 0.1) is 30.7 Å². The number of carbonyl (C=O) groups is 1. The molecule has 32 heavy (non-hydrogen) atoms. The van der Waals surface area contributed by atoms with Crippen molar-refractivity contribution in [1.29, 1.82) is 0 Å². The smallest absolute Gasteiger partial charge is 0.275 e. The van der Waals surface area contributed by atoms with Gasteiger partial charge in [0, 0.05) is 63.3 Å². The number of halogens is 1. The number of hydrogen-bond acceptors (Lipinski definition) is 7. The van der Waals surface area contributed by atoms with E-state index >= 15 is 0 Å². The first-order valence-corrected chi connectivity index (χ1v) is 10.7. The minimum Gasteiger partial charge on any atom is -0.494 e. The topological polar surface area (TPSA) is 88.4 Å². The Labute approximate surface area is 185 Å². The lowest BCUT2D eigenvalue weighted by Crippen LogP contribution is -2.51. The van der Waals surface area contributed by atoms with E-state index in [-0.39, 0.29) is 11.6 Å². The van der Waals surface area contributed by atoms with Crippen LogP contribution in [0.2, 0.25) is 0 Å². The van der Waals surface area contributed by atoms with Crippen LogP contribution in [0, 0.1) is 5.92 Å². The van der Waals surface area contributed by atoms with Gasteiger partial charge in [-0.2, -0.15) is 5.10 Å². The van der Waals surface area contributed by atoms with Crippen LogP contribution in [-0.2, 0) is 7.05 Å². The third-order valence-electron chi connectivity index (χ3n) is 6.07. The van der Waals surface area contributed by atoms with E-state index in [1.54, 1.807) is 24.1 Å². The summed E-state index contributed by atoms with van der Waals surface area (Å²) >= 11 is 0. The first-order valence-electron chi connectivity index (χ1n) is 10.7. The zero-order chi connectivity index (χ0) is 22.2. The van der Waals surface area contributed by atoms with Crippen molar-refractivity contribution in [3.8, 4) is 5.75 Å². The zero-order valence-corrected chi connectivity index (χ0v) is 18.2. The Morgan fingerprint density at radius 3 is 2.78 bits per heavy atom. The Kier molecular flexibility index (Phi) is 5.38. The van der Waals surface area contributed by atoms with Crippen LogP contribution in [0.3, 0.4) is 0 Å². The molecule has 3 aromatic rings. The van der Waals surface area contributed by atoms with E-state index in [0.29, 0.717) is 30.3 Å². The molecule has 0 spiro atoms. The van der Waals surface area contributed by atoms with Gasteiger partial charge < -0.3 is 15.0 Å². The quantitative estimate of drug-likeness (QED) is 0.629. The molecular weight excluding hydrogens is 413 g/mol. The Balaban J connectivity index is 1.20. The highest BCUT2D eigenvalue weighted by Gasteiger charge is 2.32. The van der Waals surface area contributed by atoms with Gasteiger partial charge in [-0.3, -0.25) is 14.4 Å². The van der Waals surface area contributed by atoms with Crippen LogP contribution in [0.4, 0.5) is 15.9 Å². The van der Waals surface area contributed by atoms with Crippen molar-refractivity contribution in [2.45, 2.75) is 12.6 Å². The summed E-state index contributed by atoms with van der Waals surface area (Å²) in [6, 6.07) is 3.61. The third kappa shape index (κ3) is 4.10. The third-order valence-corrected chi connectivity index (χ3v) is 6.07. The normalized spacial score (nSPS) is 19.3. The average Bonchev–Trinajstić information content (AvgIpc) is 3.33. The van der Waals surface area contributed by atoms with Crippen molar-refractivity contribution in [2.24, 2.45) is 13.0 Å². The summed E-state index contributed by atoms with van der Waals surface area (Å²) < 4.78 is 20.4. The maximum absolute atomic E-state index is 13.3. The molecule has 0 saturated carbocycles. The fraction of sp³-hybridized carbons (Fsp3) is 0.455. The summed E-state index contributed by atoms with van der Waals surface area (Å²) in [5, 5.41) is 8.10. The summed E-state index contributed by atoms with van der Waals surface area (Å²) in [7, 11) is 3.39. The molecule has 2 aliphatic rings. The predicted molar refractivity (Wildman–Crippen MR) is 119 cm³/mol. The van der Waals surface area contributed by atoms with Crippen LogP contribution in [-0.4, -0.2) is 76.6 Å². The summed E-state index contributed by atoms with van der Waals surface area (Å²) in [5.74, 6) is 1.43. The first kappa shape index (κ1) is 20.6. The molecule has 0 unspecified atom stereocenters. The molecule has 0 aliphatic carbocycles. The second kappa shape index (κ2) is 8.34. The molecule has 5 rings (SSSR count). The van der Waals surface area contributed by atoms with Gasteiger partial charge in [0.1, 0.15) is 23.4 Å². The van der Waals surface area contributed by atoms with Crippen molar-refractivity contribution >= 4 is 28.3 Å². The number of hydrogen-bond donors (Lipinski definition) is 1. The number of likely N-dealkylation sites (tertiary alicyclic amines) is 1. The van der Waals surface area contributed by atoms with Crippen LogP contribution in [0.5, 0.6) is 5.75 Å².